The normalized spacial score (nSPS) is 10.6. The maximum absolute atomic E-state index is 5.77. The van der Waals surface area contributed by atoms with Gasteiger partial charge >= 0.3 is 0 Å². The number of anilines is 3. The number of hydrogen-bond acceptors (Lipinski definition) is 7. The highest BCUT2D eigenvalue weighted by atomic mass is 16.5. The van der Waals surface area contributed by atoms with E-state index >= 15 is 0 Å². The lowest BCUT2D eigenvalue weighted by Crippen LogP contribution is -2.30. The molecule has 0 spiro atoms. The Morgan fingerprint density at radius 3 is 2.60 bits per heavy atom. The summed E-state index contributed by atoms with van der Waals surface area (Å²) in [5, 5.41) is 3.15. The molecule has 20 heavy (non-hydrogen) atoms. The largest absolute Gasteiger partial charge is 0.385 e. The van der Waals surface area contributed by atoms with E-state index < -0.39 is 0 Å². The molecule has 114 valence electrons. The first-order chi connectivity index (χ1) is 9.71. The summed E-state index contributed by atoms with van der Waals surface area (Å²) < 4.78 is 10.2. The number of nitrogen functional groups attached to an aromatic ring is 1. The molecule has 0 saturated heterocycles. The van der Waals surface area contributed by atoms with Crippen molar-refractivity contribution in [3.05, 3.63) is 6.07 Å². The maximum atomic E-state index is 5.77. The number of rotatable bonds is 10. The molecule has 0 aliphatic carbocycles. The Labute approximate surface area is 120 Å². The zero-order chi connectivity index (χ0) is 14.8. The third-order valence-electron chi connectivity index (χ3n) is 2.75. The molecule has 1 aromatic heterocycles. The van der Waals surface area contributed by atoms with Crippen LogP contribution in [-0.4, -0.2) is 57.0 Å². The van der Waals surface area contributed by atoms with Gasteiger partial charge in [-0.05, 0) is 13.3 Å². The SMILES string of the molecule is CCNc1cc(N(CCCOC)CCOC)nc(N)n1. The molecule has 0 amide bonds. The average molecular weight is 283 g/mol. The molecule has 0 saturated carbocycles. The highest BCUT2D eigenvalue weighted by molar-refractivity contribution is 5.52. The summed E-state index contributed by atoms with van der Waals surface area (Å²) in [6, 6.07) is 1.91. The van der Waals surface area contributed by atoms with Crippen LogP contribution in [0.5, 0.6) is 0 Å². The van der Waals surface area contributed by atoms with Gasteiger partial charge in [-0.1, -0.05) is 0 Å². The van der Waals surface area contributed by atoms with Crippen LogP contribution in [0.3, 0.4) is 0 Å². The molecule has 0 atom stereocenters. The number of methoxy groups -OCH3 is 2. The third kappa shape index (κ3) is 5.58. The van der Waals surface area contributed by atoms with Crippen molar-refractivity contribution < 1.29 is 9.47 Å². The van der Waals surface area contributed by atoms with Gasteiger partial charge in [-0.2, -0.15) is 9.97 Å². The molecule has 1 aromatic rings. The number of nitrogens with one attached hydrogen (secondary N) is 1. The zero-order valence-electron chi connectivity index (χ0n) is 12.6. The number of aromatic nitrogens is 2. The Morgan fingerprint density at radius 2 is 1.95 bits per heavy atom. The van der Waals surface area contributed by atoms with Crippen LogP contribution >= 0.6 is 0 Å². The van der Waals surface area contributed by atoms with Gasteiger partial charge in [0.05, 0.1) is 6.61 Å². The minimum Gasteiger partial charge on any atom is -0.385 e. The molecule has 0 bridgehead atoms. The summed E-state index contributed by atoms with van der Waals surface area (Å²) in [4.78, 5) is 10.6. The second-order valence-corrected chi connectivity index (χ2v) is 4.33. The highest BCUT2D eigenvalue weighted by Gasteiger charge is 2.10. The van der Waals surface area contributed by atoms with Crippen LogP contribution in [0.15, 0.2) is 6.07 Å². The monoisotopic (exact) mass is 283 g/mol. The number of nitrogens with two attached hydrogens (primary N) is 1. The molecule has 0 unspecified atom stereocenters. The molecule has 0 aliphatic rings. The number of ether oxygens (including phenoxy) is 2. The average Bonchev–Trinajstić information content (AvgIpc) is 2.42. The van der Waals surface area contributed by atoms with Crippen molar-refractivity contribution in [1.29, 1.82) is 0 Å². The summed E-state index contributed by atoms with van der Waals surface area (Å²) in [7, 11) is 3.39. The Morgan fingerprint density at radius 1 is 1.20 bits per heavy atom. The van der Waals surface area contributed by atoms with Gasteiger partial charge in [0.25, 0.3) is 0 Å². The van der Waals surface area contributed by atoms with Crippen LogP contribution in [0.4, 0.5) is 17.6 Å². The van der Waals surface area contributed by atoms with Crippen LogP contribution in [0, 0.1) is 0 Å². The summed E-state index contributed by atoms with van der Waals surface area (Å²) in [6.45, 7) is 5.73. The summed E-state index contributed by atoms with van der Waals surface area (Å²) in [5.41, 5.74) is 5.77. The highest BCUT2D eigenvalue weighted by Crippen LogP contribution is 2.17. The molecule has 0 aliphatic heterocycles. The maximum Gasteiger partial charge on any atom is 0.223 e. The number of nitrogens with zero attached hydrogens (tertiary/aromatic N) is 3. The van der Waals surface area contributed by atoms with Gasteiger partial charge in [-0.3, -0.25) is 0 Å². The molecule has 0 fully saturated rings. The summed E-state index contributed by atoms with van der Waals surface area (Å²) in [6.07, 6.45) is 0.917. The molecule has 3 N–H and O–H groups in total. The van der Waals surface area contributed by atoms with E-state index in [1.165, 1.54) is 0 Å². The van der Waals surface area contributed by atoms with Crippen LogP contribution in [0.2, 0.25) is 0 Å². The van der Waals surface area contributed by atoms with E-state index in [0.29, 0.717) is 13.2 Å². The topological polar surface area (TPSA) is 85.5 Å². The first-order valence-corrected chi connectivity index (χ1v) is 6.82. The van der Waals surface area contributed by atoms with E-state index in [0.717, 1.165) is 37.7 Å². The minimum atomic E-state index is 0.271. The van der Waals surface area contributed by atoms with Crippen LogP contribution in [0.1, 0.15) is 13.3 Å². The van der Waals surface area contributed by atoms with Gasteiger partial charge in [0.15, 0.2) is 0 Å². The van der Waals surface area contributed by atoms with E-state index in [2.05, 4.69) is 20.2 Å². The van der Waals surface area contributed by atoms with E-state index in [1.807, 2.05) is 13.0 Å². The van der Waals surface area contributed by atoms with Crippen LogP contribution < -0.4 is 16.0 Å². The van der Waals surface area contributed by atoms with Gasteiger partial charge in [-0.25, -0.2) is 0 Å². The molecule has 1 rings (SSSR count). The Bertz CT molecular complexity index is 389. The molecule has 7 heteroatoms. The van der Waals surface area contributed by atoms with Gasteiger partial charge in [0, 0.05) is 46.5 Å². The van der Waals surface area contributed by atoms with Crippen molar-refractivity contribution in [2.75, 3.05) is 63.0 Å². The standard InChI is InChI=1S/C13H25N5O2/c1-4-15-11-10-12(17-13(14)16-11)18(7-9-20-3)6-5-8-19-2/h10H,4-9H2,1-3H3,(H3,14,15,16,17). The van der Waals surface area contributed by atoms with Gasteiger partial charge < -0.3 is 25.4 Å². The van der Waals surface area contributed by atoms with Crippen molar-refractivity contribution in [2.45, 2.75) is 13.3 Å². The Balaban J connectivity index is 2.81. The Kier molecular flexibility index (Phi) is 7.67. The van der Waals surface area contributed by atoms with E-state index in [9.17, 15) is 0 Å². The van der Waals surface area contributed by atoms with Gasteiger partial charge in [0.1, 0.15) is 11.6 Å². The fourth-order valence-electron chi connectivity index (χ4n) is 1.83. The van der Waals surface area contributed by atoms with E-state index in [4.69, 9.17) is 15.2 Å². The van der Waals surface area contributed by atoms with Crippen molar-refractivity contribution in [3.63, 3.8) is 0 Å². The molecule has 7 nitrogen and oxygen atoms in total. The molecular weight excluding hydrogens is 258 g/mol. The van der Waals surface area contributed by atoms with E-state index in [-0.39, 0.29) is 5.95 Å². The summed E-state index contributed by atoms with van der Waals surface area (Å²) in [5.74, 6) is 1.82. The van der Waals surface area contributed by atoms with Gasteiger partial charge in [-0.15, -0.1) is 0 Å². The van der Waals surface area contributed by atoms with Crippen molar-refractivity contribution in [1.82, 2.24) is 9.97 Å². The predicted molar refractivity (Wildman–Crippen MR) is 81.2 cm³/mol. The third-order valence-corrected chi connectivity index (χ3v) is 2.75. The van der Waals surface area contributed by atoms with E-state index in [1.54, 1.807) is 14.2 Å². The second-order valence-electron chi connectivity index (χ2n) is 4.33. The van der Waals surface area contributed by atoms with Crippen LogP contribution in [0.25, 0.3) is 0 Å². The fourth-order valence-corrected chi connectivity index (χ4v) is 1.83. The quantitative estimate of drug-likeness (QED) is 0.619. The second kappa shape index (κ2) is 9.33. The van der Waals surface area contributed by atoms with Crippen LogP contribution in [-0.2, 0) is 9.47 Å². The molecule has 1 heterocycles. The summed E-state index contributed by atoms with van der Waals surface area (Å²) >= 11 is 0. The first-order valence-electron chi connectivity index (χ1n) is 6.82. The van der Waals surface area contributed by atoms with Crippen molar-refractivity contribution in [2.24, 2.45) is 0 Å². The van der Waals surface area contributed by atoms with Crippen molar-refractivity contribution >= 4 is 17.6 Å². The number of hydrogen-bond donors (Lipinski definition) is 2. The minimum absolute atomic E-state index is 0.271. The zero-order valence-corrected chi connectivity index (χ0v) is 12.6. The first kappa shape index (κ1) is 16.5. The molecule has 0 aromatic carbocycles. The fraction of sp³-hybridized carbons (Fsp3) is 0.692. The smallest absolute Gasteiger partial charge is 0.223 e. The lowest BCUT2D eigenvalue weighted by atomic mass is 10.3. The van der Waals surface area contributed by atoms with Crippen molar-refractivity contribution in [3.8, 4) is 0 Å². The lowest BCUT2D eigenvalue weighted by Gasteiger charge is -2.24. The van der Waals surface area contributed by atoms with Gasteiger partial charge in [0.2, 0.25) is 5.95 Å². The molecular formula is C13H25N5O2. The Hall–Kier alpha value is -1.60. The predicted octanol–water partition coefficient (Wildman–Crippen LogP) is 0.980. The lowest BCUT2D eigenvalue weighted by molar-refractivity contribution is 0.191. The molecule has 0 radical (unpaired) electrons.